The van der Waals surface area contributed by atoms with Gasteiger partial charge in [0.1, 0.15) is 17.3 Å². The molecule has 0 aliphatic rings. The van der Waals surface area contributed by atoms with Gasteiger partial charge in [0.2, 0.25) is 0 Å². The fourth-order valence-electron chi connectivity index (χ4n) is 2.24. The molecule has 1 heterocycles. The van der Waals surface area contributed by atoms with Crippen LogP contribution in [0.5, 0.6) is 11.5 Å². The molecule has 0 bridgehead atoms. The lowest BCUT2D eigenvalue weighted by Crippen LogP contribution is -1.96. The van der Waals surface area contributed by atoms with Crippen LogP contribution in [0.2, 0.25) is 0 Å². The molecule has 0 aliphatic carbocycles. The first-order valence-corrected chi connectivity index (χ1v) is 7.17. The third-order valence-electron chi connectivity index (χ3n) is 3.42. The average Bonchev–Trinajstić information content (AvgIpc) is 2.61. The van der Waals surface area contributed by atoms with E-state index < -0.39 is 0 Å². The summed E-state index contributed by atoms with van der Waals surface area (Å²) in [6.45, 7) is 0. The molecule has 0 radical (unpaired) electrons. The highest BCUT2D eigenvalue weighted by Gasteiger charge is 2.02. The molecule has 0 unspecified atom stereocenters. The Morgan fingerprint density at radius 1 is 1.00 bits per heavy atom. The summed E-state index contributed by atoms with van der Waals surface area (Å²) in [5.74, 6) is 2.15. The van der Waals surface area contributed by atoms with Gasteiger partial charge >= 0.3 is 0 Å². The van der Waals surface area contributed by atoms with E-state index in [1.807, 2.05) is 54.6 Å². The Hall–Kier alpha value is -3.08. The lowest BCUT2D eigenvalue weighted by molar-refractivity contribution is 0.402. The standard InChI is InChI=1S/C18H17N3O2/c1-22-15-8-9-17(23-2)14(11-15)12-19-21-18-10-7-13-5-3-4-6-16(13)20-18/h3-12H,1-2H3,(H,20,21)/b19-12-. The minimum absolute atomic E-state index is 0.682. The molecule has 0 saturated heterocycles. The third kappa shape index (κ3) is 3.40. The number of nitrogens with one attached hydrogen (secondary N) is 1. The molecule has 5 heteroatoms. The number of rotatable bonds is 5. The highest BCUT2D eigenvalue weighted by atomic mass is 16.5. The molecule has 0 saturated carbocycles. The van der Waals surface area contributed by atoms with E-state index in [1.165, 1.54) is 0 Å². The molecule has 0 fully saturated rings. The van der Waals surface area contributed by atoms with Crippen LogP contribution in [0.4, 0.5) is 5.82 Å². The number of methoxy groups -OCH3 is 2. The first-order chi connectivity index (χ1) is 11.3. The molecule has 1 aromatic heterocycles. The Kier molecular flexibility index (Phi) is 4.38. The molecule has 0 amide bonds. The van der Waals surface area contributed by atoms with Gasteiger partial charge < -0.3 is 9.47 Å². The maximum atomic E-state index is 5.32. The van der Waals surface area contributed by atoms with Crippen LogP contribution in [0.15, 0.2) is 59.7 Å². The monoisotopic (exact) mass is 307 g/mol. The van der Waals surface area contributed by atoms with Gasteiger partial charge in [-0.05, 0) is 36.4 Å². The largest absolute Gasteiger partial charge is 0.497 e. The zero-order valence-corrected chi connectivity index (χ0v) is 13.0. The van der Waals surface area contributed by atoms with Gasteiger partial charge in [0.05, 0.1) is 26.0 Å². The van der Waals surface area contributed by atoms with E-state index in [4.69, 9.17) is 9.47 Å². The highest BCUT2D eigenvalue weighted by molar-refractivity contribution is 5.85. The van der Waals surface area contributed by atoms with E-state index in [-0.39, 0.29) is 0 Å². The molecule has 0 aliphatic heterocycles. The van der Waals surface area contributed by atoms with Crippen molar-refractivity contribution in [3.63, 3.8) is 0 Å². The van der Waals surface area contributed by atoms with Crippen molar-refractivity contribution in [1.29, 1.82) is 0 Å². The predicted molar refractivity (Wildman–Crippen MR) is 92.5 cm³/mol. The zero-order chi connectivity index (χ0) is 16.1. The van der Waals surface area contributed by atoms with Crippen molar-refractivity contribution in [2.24, 2.45) is 5.10 Å². The molecule has 23 heavy (non-hydrogen) atoms. The maximum Gasteiger partial charge on any atom is 0.146 e. The molecule has 2 aromatic carbocycles. The van der Waals surface area contributed by atoms with Crippen molar-refractivity contribution >= 4 is 22.9 Å². The smallest absolute Gasteiger partial charge is 0.146 e. The molecular formula is C18H17N3O2. The number of ether oxygens (including phenoxy) is 2. The summed E-state index contributed by atoms with van der Waals surface area (Å²) in [7, 11) is 3.25. The lowest BCUT2D eigenvalue weighted by Gasteiger charge is -2.07. The molecule has 116 valence electrons. The van der Waals surface area contributed by atoms with Crippen molar-refractivity contribution in [3.05, 3.63) is 60.2 Å². The van der Waals surface area contributed by atoms with Crippen LogP contribution in [0, 0.1) is 0 Å². The van der Waals surface area contributed by atoms with Gasteiger partial charge in [0, 0.05) is 10.9 Å². The molecule has 3 aromatic rings. The fourth-order valence-corrected chi connectivity index (χ4v) is 2.24. The second-order valence-electron chi connectivity index (χ2n) is 4.87. The predicted octanol–water partition coefficient (Wildman–Crippen LogP) is 3.70. The van der Waals surface area contributed by atoms with Gasteiger partial charge in [-0.15, -0.1) is 0 Å². The normalized spacial score (nSPS) is 10.9. The summed E-state index contributed by atoms with van der Waals surface area (Å²) in [5, 5.41) is 5.32. The van der Waals surface area contributed by atoms with E-state index in [2.05, 4.69) is 15.5 Å². The minimum Gasteiger partial charge on any atom is -0.497 e. The minimum atomic E-state index is 0.682. The summed E-state index contributed by atoms with van der Waals surface area (Å²) in [4.78, 5) is 4.50. The number of hydrazone groups is 1. The maximum absolute atomic E-state index is 5.32. The number of nitrogens with zero attached hydrogens (tertiary/aromatic N) is 2. The number of para-hydroxylation sites is 1. The number of hydrogen-bond donors (Lipinski definition) is 1. The van der Waals surface area contributed by atoms with Crippen molar-refractivity contribution in [3.8, 4) is 11.5 Å². The van der Waals surface area contributed by atoms with Gasteiger partial charge in [0.25, 0.3) is 0 Å². The number of benzene rings is 2. The van der Waals surface area contributed by atoms with Gasteiger partial charge in [-0.1, -0.05) is 18.2 Å². The number of aromatic nitrogens is 1. The summed E-state index contributed by atoms with van der Waals surface area (Å²) >= 11 is 0. The topological polar surface area (TPSA) is 55.7 Å². The van der Waals surface area contributed by atoms with Crippen LogP contribution in [0.25, 0.3) is 10.9 Å². The second-order valence-corrected chi connectivity index (χ2v) is 4.87. The number of fused-ring (bicyclic) bond motifs is 1. The van der Waals surface area contributed by atoms with Crippen molar-refractivity contribution in [1.82, 2.24) is 4.98 Å². The third-order valence-corrected chi connectivity index (χ3v) is 3.42. The SMILES string of the molecule is COc1ccc(OC)c(/C=N\Nc2ccc3ccccc3n2)c1. The van der Waals surface area contributed by atoms with Crippen LogP contribution in [-0.2, 0) is 0 Å². The van der Waals surface area contributed by atoms with Crippen LogP contribution < -0.4 is 14.9 Å². The summed E-state index contributed by atoms with van der Waals surface area (Å²) in [6.07, 6.45) is 1.68. The Bertz CT molecular complexity index is 847. The van der Waals surface area contributed by atoms with Crippen LogP contribution >= 0.6 is 0 Å². The molecule has 3 rings (SSSR count). The Balaban J connectivity index is 1.79. The number of pyridine rings is 1. The first-order valence-electron chi connectivity index (χ1n) is 7.17. The van der Waals surface area contributed by atoms with Gasteiger partial charge in [-0.3, -0.25) is 5.43 Å². The summed E-state index contributed by atoms with van der Waals surface area (Å²) in [5.41, 5.74) is 4.68. The second kappa shape index (κ2) is 6.79. The molecule has 0 spiro atoms. The van der Waals surface area contributed by atoms with Gasteiger partial charge in [-0.2, -0.15) is 5.10 Å². The Morgan fingerprint density at radius 3 is 2.70 bits per heavy atom. The summed E-state index contributed by atoms with van der Waals surface area (Å²) < 4.78 is 10.5. The lowest BCUT2D eigenvalue weighted by atomic mass is 10.2. The Labute approximate surface area is 134 Å². The fraction of sp³-hybridized carbons (Fsp3) is 0.111. The van der Waals surface area contributed by atoms with Gasteiger partial charge in [-0.25, -0.2) is 4.98 Å². The summed E-state index contributed by atoms with van der Waals surface area (Å²) in [6, 6.07) is 17.4. The van der Waals surface area contributed by atoms with E-state index in [1.54, 1.807) is 20.4 Å². The van der Waals surface area contributed by atoms with E-state index >= 15 is 0 Å². The number of hydrogen-bond acceptors (Lipinski definition) is 5. The van der Waals surface area contributed by atoms with Crippen LogP contribution in [0.3, 0.4) is 0 Å². The van der Waals surface area contributed by atoms with E-state index in [9.17, 15) is 0 Å². The molecule has 0 atom stereocenters. The first kappa shape index (κ1) is 14.8. The van der Waals surface area contributed by atoms with Crippen molar-refractivity contribution in [2.75, 3.05) is 19.6 Å². The number of anilines is 1. The quantitative estimate of drug-likeness (QED) is 0.577. The van der Waals surface area contributed by atoms with E-state index in [0.29, 0.717) is 5.82 Å². The molecule has 1 N–H and O–H groups in total. The Morgan fingerprint density at radius 2 is 1.87 bits per heavy atom. The average molecular weight is 307 g/mol. The highest BCUT2D eigenvalue weighted by Crippen LogP contribution is 2.22. The molecular weight excluding hydrogens is 290 g/mol. The van der Waals surface area contributed by atoms with Gasteiger partial charge in [0.15, 0.2) is 0 Å². The zero-order valence-electron chi connectivity index (χ0n) is 13.0. The van der Waals surface area contributed by atoms with Crippen molar-refractivity contribution < 1.29 is 9.47 Å². The van der Waals surface area contributed by atoms with Crippen LogP contribution in [0.1, 0.15) is 5.56 Å². The van der Waals surface area contributed by atoms with Crippen molar-refractivity contribution in [2.45, 2.75) is 0 Å². The van der Waals surface area contributed by atoms with E-state index in [0.717, 1.165) is 28.0 Å². The van der Waals surface area contributed by atoms with Crippen LogP contribution in [-0.4, -0.2) is 25.4 Å². The molecule has 5 nitrogen and oxygen atoms in total.